The molecule has 94 valence electrons. The lowest BCUT2D eigenvalue weighted by Gasteiger charge is -2.15. The highest BCUT2D eigenvalue weighted by Crippen LogP contribution is 2.41. The molecule has 1 unspecified atom stereocenters. The van der Waals surface area contributed by atoms with E-state index in [1.54, 1.807) is 11.3 Å². The molecular weight excluding hydrogens is 309 g/mol. The van der Waals surface area contributed by atoms with Gasteiger partial charge in [0.1, 0.15) is 0 Å². The summed E-state index contributed by atoms with van der Waals surface area (Å²) >= 11 is 19.6. The average Bonchev–Trinajstić information content (AvgIpc) is 2.85. The third kappa shape index (κ3) is 2.35. The normalized spacial score (nSPS) is 17.8. The van der Waals surface area contributed by atoms with E-state index in [1.807, 2.05) is 18.2 Å². The summed E-state index contributed by atoms with van der Waals surface area (Å²) in [7, 11) is 0. The van der Waals surface area contributed by atoms with Crippen LogP contribution in [0.2, 0.25) is 14.4 Å². The Morgan fingerprint density at radius 3 is 2.72 bits per heavy atom. The first-order chi connectivity index (χ1) is 8.63. The highest BCUT2D eigenvalue weighted by Gasteiger charge is 2.24. The molecule has 1 atom stereocenters. The quantitative estimate of drug-likeness (QED) is 0.737. The van der Waals surface area contributed by atoms with Gasteiger partial charge < -0.3 is 5.32 Å². The van der Waals surface area contributed by atoms with Crippen LogP contribution in [0.25, 0.3) is 0 Å². The first-order valence-electron chi connectivity index (χ1n) is 5.63. The predicted octanol–water partition coefficient (Wildman–Crippen LogP) is 5.81. The van der Waals surface area contributed by atoms with Crippen molar-refractivity contribution >= 4 is 51.8 Å². The first-order valence-corrected chi connectivity index (χ1v) is 7.58. The Balaban J connectivity index is 1.83. The summed E-state index contributed by atoms with van der Waals surface area (Å²) < 4.78 is 0.862. The molecule has 0 saturated carbocycles. The van der Waals surface area contributed by atoms with Gasteiger partial charge in [0, 0.05) is 10.6 Å². The molecule has 0 bridgehead atoms. The molecule has 18 heavy (non-hydrogen) atoms. The van der Waals surface area contributed by atoms with Gasteiger partial charge in [-0.2, -0.15) is 0 Å². The molecule has 0 spiro atoms. The highest BCUT2D eigenvalue weighted by atomic mass is 35.5. The van der Waals surface area contributed by atoms with Crippen molar-refractivity contribution in [1.82, 2.24) is 0 Å². The summed E-state index contributed by atoms with van der Waals surface area (Å²) in [6.45, 7) is 0. The van der Waals surface area contributed by atoms with Gasteiger partial charge in [-0.3, -0.25) is 0 Å². The molecule has 1 aromatic heterocycles. The number of thiophene rings is 1. The van der Waals surface area contributed by atoms with E-state index in [0.717, 1.165) is 22.9 Å². The van der Waals surface area contributed by atoms with Crippen LogP contribution >= 0.6 is 46.1 Å². The van der Waals surface area contributed by atoms with Crippen LogP contribution in [0, 0.1) is 0 Å². The number of nitrogens with one attached hydrogen (secondary N) is 1. The monoisotopic (exact) mass is 317 g/mol. The summed E-state index contributed by atoms with van der Waals surface area (Å²) in [5.74, 6) is 0. The standard InChI is InChI=1S/C13H10Cl3NS/c14-9-2-1-7(5-10(9)15)17-11-3-4-12-8(11)6-13(16)18-12/h1-2,5-6,11,17H,3-4H2. The van der Waals surface area contributed by atoms with Gasteiger partial charge >= 0.3 is 0 Å². The number of halogens is 3. The molecular formula is C13H10Cl3NS. The fraction of sp³-hybridized carbons (Fsp3) is 0.231. The van der Waals surface area contributed by atoms with E-state index in [4.69, 9.17) is 34.8 Å². The zero-order valence-corrected chi connectivity index (χ0v) is 12.4. The maximum Gasteiger partial charge on any atom is 0.0934 e. The molecule has 1 aliphatic rings. The van der Waals surface area contributed by atoms with E-state index in [0.29, 0.717) is 16.1 Å². The van der Waals surface area contributed by atoms with E-state index >= 15 is 0 Å². The zero-order chi connectivity index (χ0) is 12.7. The van der Waals surface area contributed by atoms with Gasteiger partial charge in [0.15, 0.2) is 0 Å². The first kappa shape index (κ1) is 12.6. The lowest BCUT2D eigenvalue weighted by Crippen LogP contribution is -2.06. The van der Waals surface area contributed by atoms with Crippen LogP contribution in [-0.4, -0.2) is 0 Å². The number of hydrogen-bond acceptors (Lipinski definition) is 2. The second-order valence-electron chi connectivity index (χ2n) is 4.29. The second kappa shape index (κ2) is 4.93. The van der Waals surface area contributed by atoms with Crippen molar-refractivity contribution in [1.29, 1.82) is 0 Å². The molecule has 1 heterocycles. The number of rotatable bonds is 2. The number of anilines is 1. The zero-order valence-electron chi connectivity index (χ0n) is 9.34. The molecule has 1 nitrogen and oxygen atoms in total. The maximum absolute atomic E-state index is 6.04. The summed E-state index contributed by atoms with van der Waals surface area (Å²) in [6.07, 6.45) is 2.18. The van der Waals surface area contributed by atoms with Gasteiger partial charge in [-0.05, 0) is 42.7 Å². The van der Waals surface area contributed by atoms with Gasteiger partial charge in [0.25, 0.3) is 0 Å². The van der Waals surface area contributed by atoms with Crippen molar-refractivity contribution in [2.75, 3.05) is 5.32 Å². The fourth-order valence-electron chi connectivity index (χ4n) is 2.27. The van der Waals surface area contributed by atoms with E-state index in [2.05, 4.69) is 11.4 Å². The molecule has 0 fully saturated rings. The second-order valence-corrected chi connectivity index (χ2v) is 6.88. The maximum atomic E-state index is 6.04. The Labute approximate surface area is 125 Å². The molecule has 1 aromatic carbocycles. The van der Waals surface area contributed by atoms with Crippen molar-refractivity contribution in [3.05, 3.63) is 49.1 Å². The van der Waals surface area contributed by atoms with Crippen LogP contribution in [0.5, 0.6) is 0 Å². The molecule has 1 N–H and O–H groups in total. The van der Waals surface area contributed by atoms with Crippen LogP contribution < -0.4 is 5.32 Å². The van der Waals surface area contributed by atoms with Gasteiger partial charge in [-0.15, -0.1) is 11.3 Å². The predicted molar refractivity (Wildman–Crippen MR) is 80.5 cm³/mol. The fourth-order valence-corrected chi connectivity index (χ4v) is 3.92. The van der Waals surface area contributed by atoms with Gasteiger partial charge in [-0.25, -0.2) is 0 Å². The smallest absolute Gasteiger partial charge is 0.0934 e. The van der Waals surface area contributed by atoms with Crippen molar-refractivity contribution in [2.24, 2.45) is 0 Å². The van der Waals surface area contributed by atoms with Crippen molar-refractivity contribution < 1.29 is 0 Å². The summed E-state index contributed by atoms with van der Waals surface area (Å²) in [6, 6.07) is 7.99. The van der Waals surface area contributed by atoms with Crippen LogP contribution in [0.15, 0.2) is 24.3 Å². The molecule has 2 aromatic rings. The van der Waals surface area contributed by atoms with Crippen LogP contribution in [0.4, 0.5) is 5.69 Å². The van der Waals surface area contributed by atoms with Crippen molar-refractivity contribution in [2.45, 2.75) is 18.9 Å². The van der Waals surface area contributed by atoms with E-state index in [9.17, 15) is 0 Å². The Bertz CT molecular complexity index is 594. The topological polar surface area (TPSA) is 12.0 Å². The SMILES string of the molecule is Clc1cc2c(s1)CCC2Nc1ccc(Cl)c(Cl)c1. The minimum atomic E-state index is 0.320. The van der Waals surface area contributed by atoms with E-state index < -0.39 is 0 Å². The van der Waals surface area contributed by atoms with Gasteiger partial charge in [-0.1, -0.05) is 34.8 Å². The third-order valence-electron chi connectivity index (χ3n) is 3.11. The van der Waals surface area contributed by atoms with E-state index in [1.165, 1.54) is 10.4 Å². The van der Waals surface area contributed by atoms with Crippen LogP contribution in [-0.2, 0) is 6.42 Å². The molecule has 5 heteroatoms. The Kier molecular flexibility index (Phi) is 3.46. The van der Waals surface area contributed by atoms with Crippen LogP contribution in [0.1, 0.15) is 22.9 Å². The third-order valence-corrected chi connectivity index (χ3v) is 5.19. The Morgan fingerprint density at radius 2 is 1.94 bits per heavy atom. The van der Waals surface area contributed by atoms with Gasteiger partial charge in [0.2, 0.25) is 0 Å². The number of fused-ring (bicyclic) bond motifs is 1. The minimum Gasteiger partial charge on any atom is -0.378 e. The molecule has 3 rings (SSSR count). The van der Waals surface area contributed by atoms with Gasteiger partial charge in [0.05, 0.1) is 20.4 Å². The Hall–Kier alpha value is -0.410. The lowest BCUT2D eigenvalue weighted by atomic mass is 10.1. The summed E-state index contributed by atoms with van der Waals surface area (Å²) in [4.78, 5) is 1.39. The molecule has 0 saturated heterocycles. The van der Waals surface area contributed by atoms with Crippen molar-refractivity contribution in [3.8, 4) is 0 Å². The summed E-state index contributed by atoms with van der Waals surface area (Å²) in [5, 5.41) is 4.63. The molecule has 1 aliphatic carbocycles. The number of benzene rings is 1. The van der Waals surface area contributed by atoms with Crippen LogP contribution in [0.3, 0.4) is 0 Å². The van der Waals surface area contributed by atoms with Crippen molar-refractivity contribution in [3.63, 3.8) is 0 Å². The number of hydrogen-bond donors (Lipinski definition) is 1. The van der Waals surface area contributed by atoms with E-state index in [-0.39, 0.29) is 0 Å². The number of aryl methyl sites for hydroxylation is 1. The summed E-state index contributed by atoms with van der Waals surface area (Å²) in [5.41, 5.74) is 2.31. The average molecular weight is 319 g/mol. The molecule has 0 amide bonds. The highest BCUT2D eigenvalue weighted by molar-refractivity contribution is 7.16. The Morgan fingerprint density at radius 1 is 1.11 bits per heavy atom. The lowest BCUT2D eigenvalue weighted by molar-refractivity contribution is 0.762. The molecule has 0 radical (unpaired) electrons. The minimum absolute atomic E-state index is 0.320. The largest absolute Gasteiger partial charge is 0.378 e. The molecule has 0 aliphatic heterocycles.